The Bertz CT molecular complexity index is 671. The van der Waals surface area contributed by atoms with E-state index in [1.807, 2.05) is 19.1 Å². The predicted molar refractivity (Wildman–Crippen MR) is 96.2 cm³/mol. The summed E-state index contributed by atoms with van der Waals surface area (Å²) < 4.78 is 0.719. The summed E-state index contributed by atoms with van der Waals surface area (Å²) in [6, 6.07) is 8.14. The van der Waals surface area contributed by atoms with E-state index >= 15 is 0 Å². The van der Waals surface area contributed by atoms with Gasteiger partial charge in [0.25, 0.3) is 0 Å². The Hall–Kier alpha value is -1.46. The smallest absolute Gasteiger partial charge is 0.229 e. The van der Waals surface area contributed by atoms with Crippen molar-refractivity contribution in [2.75, 3.05) is 5.32 Å². The van der Waals surface area contributed by atoms with Gasteiger partial charge >= 0.3 is 0 Å². The molecule has 3 nitrogen and oxygen atoms in total. The first-order valence-electron chi connectivity index (χ1n) is 7.66. The third-order valence-electron chi connectivity index (χ3n) is 3.55. The topological polar surface area (TPSA) is 44.9 Å². The Balaban J connectivity index is 1.88. The lowest BCUT2D eigenvalue weighted by Gasteiger charge is -2.06. The number of hydrogen-bond acceptors (Lipinski definition) is 3. The Morgan fingerprint density at radius 1 is 1.27 bits per heavy atom. The van der Waals surface area contributed by atoms with Crippen LogP contribution in [-0.4, -0.2) is 10.9 Å². The van der Waals surface area contributed by atoms with Crippen LogP contribution < -0.4 is 5.32 Å². The Labute approximate surface area is 140 Å². The van der Waals surface area contributed by atoms with Gasteiger partial charge in [0.1, 0.15) is 0 Å². The number of carbonyl (C=O) groups excluding carboxylic acids is 1. The summed E-state index contributed by atoms with van der Waals surface area (Å²) in [7, 11) is 0. The molecule has 22 heavy (non-hydrogen) atoms. The van der Waals surface area contributed by atoms with Crippen molar-refractivity contribution in [1.29, 1.82) is 0 Å². The molecule has 118 valence electrons. The highest BCUT2D eigenvalue weighted by Gasteiger charge is 2.09. The van der Waals surface area contributed by atoms with E-state index < -0.39 is 0 Å². The molecule has 0 atom stereocenters. The van der Waals surface area contributed by atoms with Gasteiger partial charge in [-0.15, -0.1) is 11.3 Å². The van der Waals surface area contributed by atoms with Gasteiger partial charge in [-0.05, 0) is 49.7 Å². The lowest BCUT2D eigenvalue weighted by molar-refractivity contribution is -0.115. The maximum Gasteiger partial charge on any atom is 0.229 e. The number of amides is 1. The fourth-order valence-corrected chi connectivity index (χ4v) is 3.58. The molecule has 0 aliphatic rings. The summed E-state index contributed by atoms with van der Waals surface area (Å²) in [5.74, 6) is -0.00733. The molecule has 0 aliphatic carbocycles. The molecule has 0 saturated carbocycles. The number of rotatable bonds is 7. The fraction of sp³-hybridized carbons (Fsp3) is 0.412. The average molecular weight is 335 g/mol. The molecule has 0 saturated heterocycles. The zero-order valence-electron chi connectivity index (χ0n) is 13.1. The third kappa shape index (κ3) is 5.07. The first-order valence-corrected chi connectivity index (χ1v) is 8.88. The Morgan fingerprint density at radius 3 is 2.59 bits per heavy atom. The summed E-state index contributed by atoms with van der Waals surface area (Å²) in [6.45, 7) is 4.15. The molecule has 1 amide bonds. The maximum absolute atomic E-state index is 12.1. The maximum atomic E-state index is 12.1. The summed E-state index contributed by atoms with van der Waals surface area (Å²) in [4.78, 5) is 16.1. The van der Waals surface area contributed by atoms with E-state index in [4.69, 9.17) is 12.2 Å². The van der Waals surface area contributed by atoms with Crippen molar-refractivity contribution in [2.24, 2.45) is 0 Å². The highest BCUT2D eigenvalue weighted by Crippen LogP contribution is 2.17. The van der Waals surface area contributed by atoms with Crippen LogP contribution in [0.4, 0.5) is 5.69 Å². The van der Waals surface area contributed by atoms with Crippen molar-refractivity contribution >= 4 is 35.1 Å². The van der Waals surface area contributed by atoms with E-state index in [1.54, 1.807) is 0 Å². The van der Waals surface area contributed by atoms with Crippen LogP contribution in [0.2, 0.25) is 0 Å². The largest absolute Gasteiger partial charge is 0.341 e. The predicted octanol–water partition coefficient (Wildman–Crippen LogP) is 5.03. The molecular weight excluding hydrogens is 312 g/mol. The van der Waals surface area contributed by atoms with Crippen LogP contribution in [0.15, 0.2) is 24.3 Å². The highest BCUT2D eigenvalue weighted by molar-refractivity contribution is 7.73. The minimum absolute atomic E-state index is 0.00733. The molecule has 5 heteroatoms. The van der Waals surface area contributed by atoms with Crippen molar-refractivity contribution in [3.8, 4) is 0 Å². The normalized spacial score (nSPS) is 10.6. The number of H-pyrrole nitrogens is 1. The van der Waals surface area contributed by atoms with Gasteiger partial charge in [0.15, 0.2) is 3.95 Å². The van der Waals surface area contributed by atoms with Gasteiger partial charge in [0.05, 0.1) is 6.42 Å². The van der Waals surface area contributed by atoms with Gasteiger partial charge in [-0.1, -0.05) is 31.9 Å². The lowest BCUT2D eigenvalue weighted by Crippen LogP contribution is -2.14. The highest BCUT2D eigenvalue weighted by atomic mass is 32.1. The van der Waals surface area contributed by atoms with Crippen LogP contribution in [0, 0.1) is 10.9 Å². The molecule has 1 aromatic carbocycles. The van der Waals surface area contributed by atoms with Crippen LogP contribution in [0.3, 0.4) is 0 Å². The van der Waals surface area contributed by atoms with Gasteiger partial charge in [0.2, 0.25) is 5.91 Å². The van der Waals surface area contributed by atoms with E-state index in [0.717, 1.165) is 26.6 Å². The number of unbranched alkanes of at least 4 members (excludes halogenated alkanes) is 2. The van der Waals surface area contributed by atoms with E-state index in [2.05, 4.69) is 29.4 Å². The monoisotopic (exact) mass is 334 g/mol. The van der Waals surface area contributed by atoms with Crippen molar-refractivity contribution < 1.29 is 4.79 Å². The molecule has 2 N–H and O–H groups in total. The minimum atomic E-state index is -0.00733. The van der Waals surface area contributed by atoms with Gasteiger partial charge < -0.3 is 10.3 Å². The number of aromatic nitrogens is 1. The van der Waals surface area contributed by atoms with Crippen LogP contribution in [-0.2, 0) is 17.6 Å². The van der Waals surface area contributed by atoms with Crippen molar-refractivity contribution in [2.45, 2.75) is 46.0 Å². The van der Waals surface area contributed by atoms with Crippen molar-refractivity contribution in [3.63, 3.8) is 0 Å². The second kappa shape index (κ2) is 8.25. The quantitative estimate of drug-likeness (QED) is 0.551. The third-order valence-corrected chi connectivity index (χ3v) is 4.89. The van der Waals surface area contributed by atoms with Crippen molar-refractivity contribution in [3.05, 3.63) is 44.4 Å². The number of nitrogens with one attached hydrogen (secondary N) is 2. The number of hydrogen-bond donors (Lipinski definition) is 2. The van der Waals surface area contributed by atoms with E-state index in [0.29, 0.717) is 6.42 Å². The number of benzene rings is 1. The number of carbonyl (C=O) groups is 1. The molecule has 0 aliphatic heterocycles. The second-order valence-corrected chi connectivity index (χ2v) is 7.21. The SMILES string of the molecule is CCCCCc1ccc(NC(=O)Cc2sc(=S)[nH]c2C)cc1. The molecule has 1 heterocycles. The number of aryl methyl sites for hydroxylation is 2. The molecule has 2 rings (SSSR count). The summed E-state index contributed by atoms with van der Waals surface area (Å²) in [5.41, 5.74) is 3.16. The minimum Gasteiger partial charge on any atom is -0.341 e. The number of anilines is 1. The van der Waals surface area contributed by atoms with E-state index in [9.17, 15) is 4.79 Å². The van der Waals surface area contributed by atoms with Gasteiger partial charge in [-0.2, -0.15) is 0 Å². The molecule has 0 spiro atoms. The van der Waals surface area contributed by atoms with E-state index in [-0.39, 0.29) is 5.91 Å². The molecule has 1 aromatic heterocycles. The van der Waals surface area contributed by atoms with Crippen LogP contribution >= 0.6 is 23.6 Å². The Morgan fingerprint density at radius 2 is 2.00 bits per heavy atom. The summed E-state index contributed by atoms with van der Waals surface area (Å²) >= 11 is 6.56. The zero-order chi connectivity index (χ0) is 15.9. The second-order valence-electron chi connectivity index (χ2n) is 5.44. The van der Waals surface area contributed by atoms with Gasteiger partial charge in [0, 0.05) is 16.3 Å². The first-order chi connectivity index (χ1) is 10.6. The molecule has 0 fully saturated rings. The van der Waals surface area contributed by atoms with Crippen LogP contribution in [0.5, 0.6) is 0 Å². The summed E-state index contributed by atoms with van der Waals surface area (Å²) in [6.07, 6.45) is 5.19. The number of aromatic amines is 1. The fourth-order valence-electron chi connectivity index (χ4n) is 2.29. The number of thiazole rings is 1. The molecule has 0 bridgehead atoms. The van der Waals surface area contributed by atoms with Gasteiger partial charge in [-0.3, -0.25) is 4.79 Å². The Kier molecular flexibility index (Phi) is 6.34. The first kappa shape index (κ1) is 16.9. The van der Waals surface area contributed by atoms with E-state index in [1.165, 1.54) is 36.2 Å². The van der Waals surface area contributed by atoms with Crippen molar-refractivity contribution in [1.82, 2.24) is 4.98 Å². The summed E-state index contributed by atoms with van der Waals surface area (Å²) in [5, 5.41) is 2.94. The van der Waals surface area contributed by atoms with Crippen LogP contribution in [0.25, 0.3) is 0 Å². The lowest BCUT2D eigenvalue weighted by atomic mass is 10.1. The van der Waals surface area contributed by atoms with Crippen LogP contribution in [0.1, 0.15) is 42.3 Å². The molecular formula is C17H22N2OS2. The molecule has 0 unspecified atom stereocenters. The zero-order valence-corrected chi connectivity index (χ0v) is 14.7. The standard InChI is InChI=1S/C17H22N2OS2/c1-3-4-5-6-13-7-9-14(10-8-13)19-16(20)11-15-12(2)18-17(21)22-15/h7-10H,3-6,11H2,1-2H3,(H,18,21)(H,19,20). The van der Waals surface area contributed by atoms with Gasteiger partial charge in [-0.25, -0.2) is 0 Å². The average Bonchev–Trinajstić information content (AvgIpc) is 2.79. The molecule has 2 aromatic rings. The molecule has 0 radical (unpaired) electrons.